The average Bonchev–Trinajstić information content (AvgIpc) is 2.66. The lowest BCUT2D eigenvalue weighted by molar-refractivity contribution is -0.116. The van der Waals surface area contributed by atoms with Crippen molar-refractivity contribution in [2.75, 3.05) is 28.6 Å². The van der Waals surface area contributed by atoms with Gasteiger partial charge in [-0.05, 0) is 81.5 Å². The summed E-state index contributed by atoms with van der Waals surface area (Å²) in [5, 5.41) is 6.32. The fraction of sp³-hybridized carbons (Fsp3) is 0.409. The van der Waals surface area contributed by atoms with Crippen molar-refractivity contribution in [3.8, 4) is 0 Å². The van der Waals surface area contributed by atoms with Crippen molar-refractivity contribution in [2.24, 2.45) is 0 Å². The third-order valence-corrected chi connectivity index (χ3v) is 5.02. The Labute approximate surface area is 156 Å². The molecule has 1 saturated heterocycles. The van der Waals surface area contributed by atoms with E-state index in [0.717, 1.165) is 35.6 Å². The molecule has 0 saturated carbocycles. The molecule has 0 aromatic heterocycles. The third-order valence-electron chi connectivity index (χ3n) is 5.02. The summed E-state index contributed by atoms with van der Waals surface area (Å²) >= 11 is 0. The van der Waals surface area contributed by atoms with Gasteiger partial charge in [-0.15, -0.1) is 0 Å². The zero-order chi connectivity index (χ0) is 18.5. The van der Waals surface area contributed by atoms with Crippen LogP contribution in [-0.4, -0.2) is 25.0 Å². The van der Waals surface area contributed by atoms with Gasteiger partial charge in [0.1, 0.15) is 6.04 Å². The third kappa shape index (κ3) is 4.57. The Hall–Kier alpha value is -2.49. The lowest BCUT2D eigenvalue weighted by atomic mass is 10.1. The van der Waals surface area contributed by atoms with Crippen LogP contribution in [0, 0.1) is 13.8 Å². The quantitative estimate of drug-likeness (QED) is 0.818. The molecule has 0 aliphatic carbocycles. The molecule has 1 fully saturated rings. The summed E-state index contributed by atoms with van der Waals surface area (Å²) in [5.41, 5.74) is 5.32. The van der Waals surface area contributed by atoms with Gasteiger partial charge in [-0.25, -0.2) is 0 Å². The van der Waals surface area contributed by atoms with Crippen LogP contribution in [0.15, 0.2) is 42.5 Å². The molecule has 1 atom stereocenters. The van der Waals surface area contributed by atoms with E-state index in [1.807, 2.05) is 32.9 Å². The first-order chi connectivity index (χ1) is 12.5. The molecule has 0 unspecified atom stereocenters. The van der Waals surface area contributed by atoms with E-state index in [1.54, 1.807) is 0 Å². The van der Waals surface area contributed by atoms with Crippen LogP contribution in [0.4, 0.5) is 17.1 Å². The van der Waals surface area contributed by atoms with Gasteiger partial charge in [0.25, 0.3) is 0 Å². The fourth-order valence-corrected chi connectivity index (χ4v) is 3.35. The van der Waals surface area contributed by atoms with Gasteiger partial charge >= 0.3 is 0 Å². The number of carbonyl (C=O) groups excluding carboxylic acids is 1. The van der Waals surface area contributed by atoms with Gasteiger partial charge < -0.3 is 15.5 Å². The first kappa shape index (κ1) is 18.3. The number of rotatable bonds is 5. The summed E-state index contributed by atoms with van der Waals surface area (Å²) in [6.45, 7) is 8.20. The van der Waals surface area contributed by atoms with E-state index in [2.05, 4.69) is 45.9 Å². The minimum absolute atomic E-state index is 0.0289. The first-order valence-corrected chi connectivity index (χ1v) is 9.52. The normalized spacial score (nSPS) is 15.4. The number of piperidine rings is 1. The second-order valence-electron chi connectivity index (χ2n) is 7.27. The van der Waals surface area contributed by atoms with Gasteiger partial charge in [-0.1, -0.05) is 12.1 Å². The molecule has 4 heteroatoms. The SMILES string of the molecule is Cc1ccc(C)c(NC(=O)[C@H](C)Nc2ccc(N3CCCCC3)cc2)c1. The van der Waals surface area contributed by atoms with E-state index >= 15 is 0 Å². The second kappa shape index (κ2) is 8.26. The van der Waals surface area contributed by atoms with Crippen molar-refractivity contribution < 1.29 is 4.79 Å². The molecule has 4 nitrogen and oxygen atoms in total. The van der Waals surface area contributed by atoms with Crippen molar-refractivity contribution in [3.63, 3.8) is 0 Å². The molecule has 2 aromatic carbocycles. The Morgan fingerprint density at radius 1 is 1.00 bits per heavy atom. The molecule has 1 aliphatic rings. The molecular formula is C22H29N3O. The number of hydrogen-bond acceptors (Lipinski definition) is 3. The lowest BCUT2D eigenvalue weighted by Gasteiger charge is -2.29. The molecule has 1 heterocycles. The smallest absolute Gasteiger partial charge is 0.246 e. The summed E-state index contributed by atoms with van der Waals surface area (Å²) in [4.78, 5) is 14.9. The van der Waals surface area contributed by atoms with E-state index in [-0.39, 0.29) is 11.9 Å². The zero-order valence-corrected chi connectivity index (χ0v) is 16.0. The minimum atomic E-state index is -0.309. The molecule has 138 valence electrons. The predicted molar refractivity (Wildman–Crippen MR) is 110 cm³/mol. The van der Waals surface area contributed by atoms with E-state index in [0.29, 0.717) is 0 Å². The van der Waals surface area contributed by atoms with E-state index in [1.165, 1.54) is 24.9 Å². The van der Waals surface area contributed by atoms with Crippen molar-refractivity contribution in [3.05, 3.63) is 53.6 Å². The monoisotopic (exact) mass is 351 g/mol. The molecular weight excluding hydrogens is 322 g/mol. The lowest BCUT2D eigenvalue weighted by Crippen LogP contribution is -2.32. The molecule has 2 N–H and O–H groups in total. The Morgan fingerprint density at radius 3 is 2.38 bits per heavy atom. The highest BCUT2D eigenvalue weighted by Gasteiger charge is 2.15. The maximum Gasteiger partial charge on any atom is 0.246 e. The van der Waals surface area contributed by atoms with Crippen LogP contribution < -0.4 is 15.5 Å². The number of amides is 1. The Balaban J connectivity index is 1.59. The van der Waals surface area contributed by atoms with Gasteiger partial charge in [0.05, 0.1) is 0 Å². The van der Waals surface area contributed by atoms with Crippen LogP contribution in [0.3, 0.4) is 0 Å². The van der Waals surface area contributed by atoms with Crippen molar-refractivity contribution in [1.29, 1.82) is 0 Å². The summed E-state index contributed by atoms with van der Waals surface area (Å²) < 4.78 is 0. The Bertz CT molecular complexity index is 748. The maximum atomic E-state index is 12.5. The minimum Gasteiger partial charge on any atom is -0.374 e. The molecule has 1 amide bonds. The highest BCUT2D eigenvalue weighted by Crippen LogP contribution is 2.22. The number of benzene rings is 2. The summed E-state index contributed by atoms with van der Waals surface area (Å²) in [6.07, 6.45) is 3.88. The number of hydrogen-bond donors (Lipinski definition) is 2. The summed E-state index contributed by atoms with van der Waals surface area (Å²) in [7, 11) is 0. The van der Waals surface area contributed by atoms with Crippen molar-refractivity contribution >= 4 is 23.0 Å². The molecule has 3 rings (SSSR count). The largest absolute Gasteiger partial charge is 0.374 e. The van der Waals surface area contributed by atoms with E-state index < -0.39 is 0 Å². The first-order valence-electron chi connectivity index (χ1n) is 9.52. The molecule has 0 radical (unpaired) electrons. The number of nitrogens with one attached hydrogen (secondary N) is 2. The number of anilines is 3. The second-order valence-corrected chi connectivity index (χ2v) is 7.27. The van der Waals surface area contributed by atoms with Crippen molar-refractivity contribution in [2.45, 2.75) is 46.1 Å². The predicted octanol–water partition coefficient (Wildman–Crippen LogP) is 4.73. The van der Waals surface area contributed by atoms with E-state index in [4.69, 9.17) is 0 Å². The zero-order valence-electron chi connectivity index (χ0n) is 16.0. The van der Waals surface area contributed by atoms with Crippen LogP contribution in [0.1, 0.15) is 37.3 Å². The molecule has 26 heavy (non-hydrogen) atoms. The van der Waals surface area contributed by atoms with Crippen LogP contribution in [0.25, 0.3) is 0 Å². The van der Waals surface area contributed by atoms with Gasteiger partial charge in [-0.3, -0.25) is 4.79 Å². The van der Waals surface area contributed by atoms with E-state index in [9.17, 15) is 4.79 Å². The van der Waals surface area contributed by atoms with Crippen molar-refractivity contribution in [1.82, 2.24) is 0 Å². The molecule has 2 aromatic rings. The van der Waals surface area contributed by atoms with Gasteiger partial charge in [-0.2, -0.15) is 0 Å². The number of aryl methyl sites for hydroxylation is 2. The van der Waals surface area contributed by atoms with Crippen LogP contribution in [0.5, 0.6) is 0 Å². The summed E-state index contributed by atoms with van der Waals surface area (Å²) in [5.74, 6) is -0.0289. The topological polar surface area (TPSA) is 44.4 Å². The number of nitrogens with zero attached hydrogens (tertiary/aromatic N) is 1. The average molecular weight is 351 g/mol. The molecule has 0 spiro atoms. The highest BCUT2D eigenvalue weighted by atomic mass is 16.2. The Morgan fingerprint density at radius 2 is 1.69 bits per heavy atom. The number of carbonyl (C=O) groups is 1. The maximum absolute atomic E-state index is 12.5. The molecule has 1 aliphatic heterocycles. The van der Waals surface area contributed by atoms with Crippen LogP contribution in [-0.2, 0) is 4.79 Å². The van der Waals surface area contributed by atoms with Crippen LogP contribution >= 0.6 is 0 Å². The summed E-state index contributed by atoms with van der Waals surface area (Å²) in [6, 6.07) is 14.2. The van der Waals surface area contributed by atoms with Crippen LogP contribution in [0.2, 0.25) is 0 Å². The molecule has 0 bridgehead atoms. The van der Waals surface area contributed by atoms with Gasteiger partial charge in [0, 0.05) is 30.2 Å². The fourth-order valence-electron chi connectivity index (χ4n) is 3.35. The highest BCUT2D eigenvalue weighted by molar-refractivity contribution is 5.96. The van der Waals surface area contributed by atoms with Gasteiger partial charge in [0.15, 0.2) is 0 Å². The Kier molecular flexibility index (Phi) is 5.82. The standard InChI is InChI=1S/C22H29N3O/c1-16-7-8-17(2)21(15-16)24-22(26)18(3)23-19-9-11-20(12-10-19)25-13-5-4-6-14-25/h7-12,15,18,23H,4-6,13-14H2,1-3H3,(H,24,26)/t18-/m0/s1. The van der Waals surface area contributed by atoms with Gasteiger partial charge in [0.2, 0.25) is 5.91 Å².